The van der Waals surface area contributed by atoms with Crippen molar-refractivity contribution >= 4 is 35.1 Å². The highest BCUT2D eigenvalue weighted by molar-refractivity contribution is 7.80. The summed E-state index contributed by atoms with van der Waals surface area (Å²) in [6.07, 6.45) is 3.31. The van der Waals surface area contributed by atoms with Gasteiger partial charge in [-0.1, -0.05) is 23.7 Å². The van der Waals surface area contributed by atoms with Crippen molar-refractivity contribution in [2.24, 2.45) is 5.10 Å². The maximum Gasteiger partial charge on any atom is 0.187 e. The van der Waals surface area contributed by atoms with E-state index in [9.17, 15) is 0 Å². The van der Waals surface area contributed by atoms with Crippen LogP contribution in [0.3, 0.4) is 0 Å². The number of hydrogen-bond acceptors (Lipinski definition) is 4. The molecule has 2 rings (SSSR count). The molecule has 0 saturated heterocycles. The summed E-state index contributed by atoms with van der Waals surface area (Å²) < 4.78 is 11.6. The van der Waals surface area contributed by atoms with Crippen molar-refractivity contribution < 1.29 is 9.47 Å². The first-order valence-electron chi connectivity index (χ1n) is 8.80. The smallest absolute Gasteiger partial charge is 0.187 e. The van der Waals surface area contributed by atoms with Gasteiger partial charge in [0.05, 0.1) is 6.21 Å². The topological polar surface area (TPSA) is 54.9 Å². The lowest BCUT2D eigenvalue weighted by Gasteiger charge is -2.11. The molecule has 0 fully saturated rings. The normalized spacial score (nSPS) is 10.5. The Labute approximate surface area is 176 Å². The number of nitrogens with one attached hydrogen (secondary N) is 2. The first-order chi connectivity index (χ1) is 13.5. The van der Waals surface area contributed by atoms with E-state index >= 15 is 0 Å². The fraction of sp³-hybridized carbons (Fsp3) is 0.238. The van der Waals surface area contributed by atoms with Crippen LogP contribution < -0.4 is 20.2 Å². The quantitative estimate of drug-likeness (QED) is 0.208. The molecular formula is C21H24ClN3O2S. The summed E-state index contributed by atoms with van der Waals surface area (Å²) in [5, 5.41) is 8.03. The average molecular weight is 418 g/mol. The van der Waals surface area contributed by atoms with Crippen molar-refractivity contribution in [3.63, 3.8) is 0 Å². The molecule has 0 heterocycles. The van der Waals surface area contributed by atoms with Crippen molar-refractivity contribution in [2.75, 3.05) is 19.8 Å². The number of benzene rings is 2. The Hall–Kier alpha value is -2.57. The molecule has 7 heteroatoms. The van der Waals surface area contributed by atoms with E-state index < -0.39 is 0 Å². The lowest BCUT2D eigenvalue weighted by molar-refractivity contribution is 0.217. The number of ether oxygens (including phenoxy) is 2. The molecule has 0 atom stereocenters. The van der Waals surface area contributed by atoms with Crippen LogP contribution in [0.25, 0.3) is 0 Å². The molecule has 0 saturated carbocycles. The number of aryl methyl sites for hydroxylation is 2. The highest BCUT2D eigenvalue weighted by Crippen LogP contribution is 2.22. The highest BCUT2D eigenvalue weighted by Gasteiger charge is 2.04. The van der Waals surface area contributed by atoms with Gasteiger partial charge in [-0.15, -0.1) is 6.58 Å². The third-order valence-corrected chi connectivity index (χ3v) is 4.31. The van der Waals surface area contributed by atoms with Gasteiger partial charge in [0.1, 0.15) is 24.7 Å². The second-order valence-corrected chi connectivity index (χ2v) is 6.84. The number of halogens is 1. The molecule has 2 N–H and O–H groups in total. The third-order valence-electron chi connectivity index (χ3n) is 3.84. The van der Waals surface area contributed by atoms with Crippen LogP contribution in [-0.4, -0.2) is 31.1 Å². The standard InChI is InChI=1S/C21H24ClN3O2S/c1-4-9-23-21(28)25-24-14-17-13-18(22)6-8-20(17)27-11-10-26-19-7-5-15(2)16(3)12-19/h4-8,12-14H,1,9-11H2,2-3H3,(H2,23,25,28)/b24-14-. The second kappa shape index (κ2) is 11.3. The number of hydrogen-bond donors (Lipinski definition) is 2. The van der Waals surface area contributed by atoms with Crippen LogP contribution in [0.4, 0.5) is 0 Å². The van der Waals surface area contributed by atoms with Crippen molar-refractivity contribution in [3.05, 3.63) is 70.8 Å². The Morgan fingerprint density at radius 2 is 1.93 bits per heavy atom. The zero-order valence-electron chi connectivity index (χ0n) is 16.0. The number of hydrazone groups is 1. The predicted molar refractivity (Wildman–Crippen MR) is 120 cm³/mol. The van der Waals surface area contributed by atoms with Crippen LogP contribution in [0, 0.1) is 13.8 Å². The van der Waals surface area contributed by atoms with Crippen LogP contribution >= 0.6 is 23.8 Å². The largest absolute Gasteiger partial charge is 0.490 e. The van der Waals surface area contributed by atoms with E-state index in [1.165, 1.54) is 11.1 Å². The lowest BCUT2D eigenvalue weighted by Crippen LogP contribution is -2.31. The second-order valence-electron chi connectivity index (χ2n) is 5.99. The molecule has 0 radical (unpaired) electrons. The summed E-state index contributed by atoms with van der Waals surface area (Å²) in [4.78, 5) is 0. The Balaban J connectivity index is 1.89. The van der Waals surface area contributed by atoms with Crippen LogP contribution in [-0.2, 0) is 0 Å². The molecule has 148 valence electrons. The Morgan fingerprint density at radius 1 is 1.14 bits per heavy atom. The molecule has 0 aliphatic carbocycles. The van der Waals surface area contributed by atoms with Gasteiger partial charge in [0, 0.05) is 17.1 Å². The first-order valence-corrected chi connectivity index (χ1v) is 9.58. The van der Waals surface area contributed by atoms with Crippen molar-refractivity contribution in [1.29, 1.82) is 0 Å². The zero-order valence-corrected chi connectivity index (χ0v) is 17.6. The predicted octanol–water partition coefficient (Wildman–Crippen LogP) is 4.40. The molecule has 0 unspecified atom stereocenters. The maximum absolute atomic E-state index is 6.08. The maximum atomic E-state index is 6.08. The lowest BCUT2D eigenvalue weighted by atomic mass is 10.1. The molecule has 0 aliphatic heterocycles. The molecule has 0 aliphatic rings. The van der Waals surface area contributed by atoms with E-state index in [4.69, 9.17) is 33.3 Å². The number of nitrogens with zero attached hydrogens (tertiary/aromatic N) is 1. The Bertz CT molecular complexity index is 856. The Kier molecular flexibility index (Phi) is 8.78. The van der Waals surface area contributed by atoms with E-state index in [1.807, 2.05) is 18.2 Å². The summed E-state index contributed by atoms with van der Waals surface area (Å²) in [6.45, 7) is 9.13. The van der Waals surface area contributed by atoms with Gasteiger partial charge in [0.2, 0.25) is 0 Å². The zero-order chi connectivity index (χ0) is 20.4. The molecule has 2 aromatic carbocycles. The molecule has 28 heavy (non-hydrogen) atoms. The SMILES string of the molecule is C=CCNC(=S)N/N=C\c1cc(Cl)ccc1OCCOc1ccc(C)c(C)c1. The van der Waals surface area contributed by atoms with E-state index in [1.54, 1.807) is 30.5 Å². The third kappa shape index (κ3) is 7.21. The summed E-state index contributed by atoms with van der Waals surface area (Å²) in [5.74, 6) is 1.48. The fourth-order valence-electron chi connectivity index (χ4n) is 2.23. The van der Waals surface area contributed by atoms with Crippen molar-refractivity contribution in [3.8, 4) is 11.5 Å². The summed E-state index contributed by atoms with van der Waals surface area (Å²) in [7, 11) is 0. The molecule has 0 aromatic heterocycles. The Morgan fingerprint density at radius 3 is 2.68 bits per heavy atom. The van der Waals surface area contributed by atoms with Gasteiger partial charge in [-0.25, -0.2) is 0 Å². The van der Waals surface area contributed by atoms with Gasteiger partial charge in [0.15, 0.2) is 5.11 Å². The van der Waals surface area contributed by atoms with Gasteiger partial charge >= 0.3 is 0 Å². The van der Waals surface area contributed by atoms with E-state index in [-0.39, 0.29) is 0 Å². The van der Waals surface area contributed by atoms with Crippen molar-refractivity contribution in [1.82, 2.24) is 10.7 Å². The molecule has 0 amide bonds. The van der Waals surface area contributed by atoms with Gasteiger partial charge in [-0.2, -0.15) is 5.10 Å². The number of thiocarbonyl (C=S) groups is 1. The molecular weight excluding hydrogens is 394 g/mol. The van der Waals surface area contributed by atoms with Gasteiger partial charge in [0.25, 0.3) is 0 Å². The van der Waals surface area contributed by atoms with E-state index in [0.29, 0.717) is 35.6 Å². The van der Waals surface area contributed by atoms with E-state index in [2.05, 4.69) is 36.3 Å². The average Bonchev–Trinajstić information content (AvgIpc) is 2.67. The molecule has 5 nitrogen and oxygen atoms in total. The minimum absolute atomic E-state index is 0.391. The van der Waals surface area contributed by atoms with Gasteiger partial charge in [-0.05, 0) is 67.5 Å². The van der Waals surface area contributed by atoms with Crippen LogP contribution in [0.2, 0.25) is 5.02 Å². The minimum atomic E-state index is 0.391. The summed E-state index contributed by atoms with van der Waals surface area (Å²) in [6, 6.07) is 11.4. The monoisotopic (exact) mass is 417 g/mol. The first kappa shape index (κ1) is 21.7. The van der Waals surface area contributed by atoms with Crippen LogP contribution in [0.15, 0.2) is 54.2 Å². The van der Waals surface area contributed by atoms with E-state index in [0.717, 1.165) is 11.3 Å². The molecule has 2 aromatic rings. The van der Waals surface area contributed by atoms with Gasteiger partial charge < -0.3 is 14.8 Å². The highest BCUT2D eigenvalue weighted by atomic mass is 35.5. The minimum Gasteiger partial charge on any atom is -0.490 e. The van der Waals surface area contributed by atoms with Crippen LogP contribution in [0.1, 0.15) is 16.7 Å². The van der Waals surface area contributed by atoms with Crippen LogP contribution in [0.5, 0.6) is 11.5 Å². The van der Waals surface area contributed by atoms with Crippen molar-refractivity contribution in [2.45, 2.75) is 13.8 Å². The summed E-state index contributed by atoms with van der Waals surface area (Å²) in [5.41, 5.74) is 5.90. The molecule has 0 bridgehead atoms. The fourth-order valence-corrected chi connectivity index (χ4v) is 2.55. The summed E-state index contributed by atoms with van der Waals surface area (Å²) >= 11 is 11.2. The molecule has 0 spiro atoms. The number of rotatable bonds is 9. The van der Waals surface area contributed by atoms with Gasteiger partial charge in [-0.3, -0.25) is 5.43 Å².